The van der Waals surface area contributed by atoms with Gasteiger partial charge in [0.15, 0.2) is 0 Å². The van der Waals surface area contributed by atoms with Gasteiger partial charge in [0.2, 0.25) is 0 Å². The predicted octanol–water partition coefficient (Wildman–Crippen LogP) is 8.42. The summed E-state index contributed by atoms with van der Waals surface area (Å²) in [5, 5.41) is 3.29. The Morgan fingerprint density at radius 3 is 2.00 bits per heavy atom. The SMILES string of the molecule is CCCCCCCCCCCCCCCc1cccc(OCC)c1C1C(C(=O)OC(C)C)=C(C)NC(COCCN)=C1C(=O)OCC. The fourth-order valence-electron chi connectivity index (χ4n) is 6.30. The summed E-state index contributed by atoms with van der Waals surface area (Å²) in [5.41, 5.74) is 9.44. The van der Waals surface area contributed by atoms with Crippen LogP contribution in [0.3, 0.4) is 0 Å². The number of carbonyl (C=O) groups is 2. The van der Waals surface area contributed by atoms with Gasteiger partial charge in [-0.05, 0) is 59.1 Å². The standard InChI is InChI=1S/C39H64N2O6/c1-7-10-11-12-13-14-15-16-17-18-19-20-21-23-31-24-22-25-33(45-8-2)35(31)37-34(39(43)47-29(4)5)30(6)41-32(28-44-27-26-40)36(37)38(42)46-9-3/h22,24-25,29,37,41H,7-21,23,26-28,40H2,1-6H3. The first-order valence-corrected chi connectivity index (χ1v) is 18.4. The van der Waals surface area contributed by atoms with E-state index < -0.39 is 17.9 Å². The number of rotatable bonds is 25. The number of hydrogen-bond donors (Lipinski definition) is 2. The van der Waals surface area contributed by atoms with Crippen molar-refractivity contribution in [1.29, 1.82) is 0 Å². The minimum absolute atomic E-state index is 0.122. The molecule has 0 radical (unpaired) electrons. The van der Waals surface area contributed by atoms with Crippen LogP contribution in [0.4, 0.5) is 0 Å². The number of nitrogens with one attached hydrogen (secondary N) is 1. The van der Waals surface area contributed by atoms with Crippen LogP contribution in [0, 0.1) is 0 Å². The van der Waals surface area contributed by atoms with Crippen LogP contribution in [0.2, 0.25) is 0 Å². The zero-order valence-corrected chi connectivity index (χ0v) is 30.3. The summed E-state index contributed by atoms with van der Waals surface area (Å²) in [5.74, 6) is -1.08. The largest absolute Gasteiger partial charge is 0.494 e. The Morgan fingerprint density at radius 2 is 1.45 bits per heavy atom. The first-order valence-electron chi connectivity index (χ1n) is 18.4. The second-order valence-corrected chi connectivity index (χ2v) is 12.8. The molecule has 0 amide bonds. The third-order valence-corrected chi connectivity index (χ3v) is 8.51. The van der Waals surface area contributed by atoms with Crippen LogP contribution in [0.25, 0.3) is 0 Å². The van der Waals surface area contributed by atoms with Gasteiger partial charge in [-0.3, -0.25) is 0 Å². The van der Waals surface area contributed by atoms with Crippen LogP contribution >= 0.6 is 0 Å². The quantitative estimate of drug-likeness (QED) is 0.0798. The smallest absolute Gasteiger partial charge is 0.337 e. The highest BCUT2D eigenvalue weighted by molar-refractivity contribution is 6.00. The van der Waals surface area contributed by atoms with Crippen LogP contribution in [-0.2, 0) is 30.2 Å². The molecule has 0 aliphatic carbocycles. The average Bonchev–Trinajstić information content (AvgIpc) is 3.03. The van der Waals surface area contributed by atoms with Crippen LogP contribution in [-0.4, -0.2) is 51.0 Å². The van der Waals surface area contributed by atoms with Gasteiger partial charge in [0.05, 0.1) is 55.3 Å². The molecule has 2 rings (SSSR count). The third-order valence-electron chi connectivity index (χ3n) is 8.51. The zero-order valence-electron chi connectivity index (χ0n) is 30.3. The number of esters is 2. The highest BCUT2D eigenvalue weighted by Gasteiger charge is 2.41. The molecule has 0 fully saturated rings. The van der Waals surface area contributed by atoms with E-state index in [2.05, 4.69) is 18.3 Å². The second kappa shape index (κ2) is 23.5. The predicted molar refractivity (Wildman–Crippen MR) is 190 cm³/mol. The summed E-state index contributed by atoms with van der Waals surface area (Å²) in [6.45, 7) is 12.9. The fraction of sp³-hybridized carbons (Fsp3) is 0.692. The Hall–Kier alpha value is -2.84. The van der Waals surface area contributed by atoms with E-state index in [9.17, 15) is 9.59 Å². The molecule has 47 heavy (non-hydrogen) atoms. The summed E-state index contributed by atoms with van der Waals surface area (Å²) in [4.78, 5) is 27.6. The van der Waals surface area contributed by atoms with Crippen LogP contribution < -0.4 is 15.8 Å². The number of unbranched alkanes of at least 4 members (excludes halogenated alkanes) is 12. The maximum absolute atomic E-state index is 13.8. The van der Waals surface area contributed by atoms with E-state index in [4.69, 9.17) is 24.7 Å². The summed E-state index contributed by atoms with van der Waals surface area (Å²) in [6, 6.07) is 6.01. The number of carbonyl (C=O) groups excluding carboxylic acids is 2. The van der Waals surface area contributed by atoms with Gasteiger partial charge in [-0.1, -0.05) is 96.1 Å². The van der Waals surface area contributed by atoms with Gasteiger partial charge in [-0.2, -0.15) is 0 Å². The van der Waals surface area contributed by atoms with Gasteiger partial charge >= 0.3 is 11.9 Å². The van der Waals surface area contributed by atoms with Gasteiger partial charge in [0.25, 0.3) is 0 Å². The molecule has 0 saturated carbocycles. The maximum Gasteiger partial charge on any atom is 0.337 e. The molecule has 1 unspecified atom stereocenters. The lowest BCUT2D eigenvalue weighted by Crippen LogP contribution is -2.36. The number of aryl methyl sites for hydroxylation is 1. The zero-order chi connectivity index (χ0) is 34.4. The van der Waals surface area contributed by atoms with Crippen molar-refractivity contribution in [3.05, 3.63) is 51.9 Å². The van der Waals surface area contributed by atoms with Gasteiger partial charge in [-0.25, -0.2) is 9.59 Å². The van der Waals surface area contributed by atoms with Crippen LogP contribution in [0.1, 0.15) is 142 Å². The molecule has 1 aliphatic heterocycles. The molecular weight excluding hydrogens is 592 g/mol. The molecular formula is C39H64N2O6. The van der Waals surface area contributed by atoms with E-state index in [0.717, 1.165) is 30.4 Å². The lowest BCUT2D eigenvalue weighted by atomic mass is 9.77. The van der Waals surface area contributed by atoms with E-state index in [-0.39, 0.29) is 19.3 Å². The number of allylic oxidation sites excluding steroid dienone is 1. The van der Waals surface area contributed by atoms with Gasteiger partial charge in [0, 0.05) is 17.8 Å². The van der Waals surface area contributed by atoms with Crippen LogP contribution in [0.5, 0.6) is 5.75 Å². The number of nitrogens with two attached hydrogens (primary N) is 1. The molecule has 1 aliphatic rings. The molecule has 8 heteroatoms. The average molecular weight is 657 g/mol. The molecule has 0 saturated heterocycles. The summed E-state index contributed by atoms with van der Waals surface area (Å²) >= 11 is 0. The van der Waals surface area contributed by atoms with E-state index in [1.165, 1.54) is 70.6 Å². The van der Waals surface area contributed by atoms with Crippen molar-refractivity contribution in [2.45, 2.75) is 143 Å². The molecule has 1 aromatic rings. The monoisotopic (exact) mass is 656 g/mol. The molecule has 1 atom stereocenters. The van der Waals surface area contributed by atoms with Crippen molar-refractivity contribution in [2.24, 2.45) is 5.73 Å². The van der Waals surface area contributed by atoms with E-state index in [1.54, 1.807) is 6.92 Å². The Kier molecular flexibility index (Phi) is 20.2. The summed E-state index contributed by atoms with van der Waals surface area (Å²) < 4.78 is 23.4. The third kappa shape index (κ3) is 13.7. The molecule has 8 nitrogen and oxygen atoms in total. The summed E-state index contributed by atoms with van der Waals surface area (Å²) in [7, 11) is 0. The molecule has 266 valence electrons. The highest BCUT2D eigenvalue weighted by Crippen LogP contribution is 2.45. The maximum atomic E-state index is 13.8. The van der Waals surface area contributed by atoms with E-state index in [0.29, 0.717) is 48.0 Å². The Bertz CT molecular complexity index is 1140. The normalized spacial score (nSPS) is 14.9. The molecule has 1 aromatic carbocycles. The van der Waals surface area contributed by atoms with Crippen molar-refractivity contribution in [1.82, 2.24) is 5.32 Å². The number of ether oxygens (including phenoxy) is 4. The first kappa shape index (κ1) is 40.3. The van der Waals surface area contributed by atoms with Gasteiger partial charge in [0.1, 0.15) is 5.75 Å². The number of benzene rings is 1. The van der Waals surface area contributed by atoms with Crippen molar-refractivity contribution in [3.63, 3.8) is 0 Å². The Labute approximate surface area is 285 Å². The lowest BCUT2D eigenvalue weighted by molar-refractivity contribution is -0.143. The second-order valence-electron chi connectivity index (χ2n) is 12.8. The highest BCUT2D eigenvalue weighted by atomic mass is 16.5. The topological polar surface area (TPSA) is 109 Å². The Morgan fingerprint density at radius 1 is 0.830 bits per heavy atom. The minimum atomic E-state index is -0.752. The molecule has 3 N–H and O–H groups in total. The molecule has 0 spiro atoms. The lowest BCUT2D eigenvalue weighted by Gasteiger charge is -2.33. The van der Waals surface area contributed by atoms with Crippen molar-refractivity contribution in [3.8, 4) is 5.75 Å². The first-order chi connectivity index (χ1) is 22.8. The van der Waals surface area contributed by atoms with Gasteiger partial charge in [-0.15, -0.1) is 0 Å². The fourth-order valence-corrected chi connectivity index (χ4v) is 6.30. The Balaban J connectivity index is 2.34. The van der Waals surface area contributed by atoms with Crippen molar-refractivity contribution < 1.29 is 28.5 Å². The molecule has 0 aromatic heterocycles. The molecule has 1 heterocycles. The number of dihydropyridines is 1. The summed E-state index contributed by atoms with van der Waals surface area (Å²) in [6.07, 6.45) is 17.2. The molecule has 0 bridgehead atoms. The van der Waals surface area contributed by atoms with E-state index in [1.807, 2.05) is 39.8 Å². The van der Waals surface area contributed by atoms with Crippen molar-refractivity contribution in [2.75, 3.05) is 33.0 Å². The number of hydrogen-bond acceptors (Lipinski definition) is 8. The van der Waals surface area contributed by atoms with E-state index >= 15 is 0 Å². The minimum Gasteiger partial charge on any atom is -0.494 e. The van der Waals surface area contributed by atoms with Crippen LogP contribution in [0.15, 0.2) is 40.7 Å². The van der Waals surface area contributed by atoms with Gasteiger partial charge < -0.3 is 30.0 Å². The van der Waals surface area contributed by atoms with Crippen molar-refractivity contribution >= 4 is 11.9 Å².